The summed E-state index contributed by atoms with van der Waals surface area (Å²) in [4.78, 5) is 12.2. The lowest BCUT2D eigenvalue weighted by molar-refractivity contribution is -0.113. The molecule has 142 valence electrons. The second kappa shape index (κ2) is 8.92. The molecule has 0 bridgehead atoms. The Morgan fingerprint density at radius 1 is 1.25 bits per heavy atom. The van der Waals surface area contributed by atoms with Gasteiger partial charge in [0.1, 0.15) is 11.8 Å². The van der Waals surface area contributed by atoms with E-state index in [0.717, 1.165) is 23.1 Å². The first kappa shape index (κ1) is 19.3. The molecule has 0 saturated heterocycles. The van der Waals surface area contributed by atoms with E-state index in [4.69, 9.17) is 15.8 Å². The van der Waals surface area contributed by atoms with E-state index in [0.29, 0.717) is 28.8 Å². The Balaban J connectivity index is 1.64. The van der Waals surface area contributed by atoms with Crippen LogP contribution in [0.2, 0.25) is 0 Å². The zero-order chi connectivity index (χ0) is 19.9. The quantitative estimate of drug-likeness (QED) is 0.467. The molecule has 28 heavy (non-hydrogen) atoms. The molecule has 0 unspecified atom stereocenters. The highest BCUT2D eigenvalue weighted by molar-refractivity contribution is 7.99. The van der Waals surface area contributed by atoms with Crippen LogP contribution in [0.25, 0.3) is 11.4 Å². The van der Waals surface area contributed by atoms with Gasteiger partial charge in [-0.2, -0.15) is 5.26 Å². The van der Waals surface area contributed by atoms with Crippen molar-refractivity contribution in [1.29, 1.82) is 5.26 Å². The highest BCUT2D eigenvalue weighted by atomic mass is 32.2. The van der Waals surface area contributed by atoms with Gasteiger partial charge in [-0.3, -0.25) is 4.79 Å². The van der Waals surface area contributed by atoms with E-state index in [1.54, 1.807) is 24.3 Å². The summed E-state index contributed by atoms with van der Waals surface area (Å²) >= 11 is 1.16. The minimum Gasteiger partial charge on any atom is -0.494 e. The molecule has 0 saturated carbocycles. The molecule has 8 nitrogen and oxygen atoms in total. The van der Waals surface area contributed by atoms with Gasteiger partial charge >= 0.3 is 0 Å². The Labute approximate surface area is 166 Å². The highest BCUT2D eigenvalue weighted by Crippen LogP contribution is 2.24. The molecule has 0 aliphatic rings. The number of anilines is 1. The van der Waals surface area contributed by atoms with Crippen molar-refractivity contribution in [3.63, 3.8) is 0 Å². The maximum absolute atomic E-state index is 12.2. The van der Waals surface area contributed by atoms with Gasteiger partial charge in [-0.25, -0.2) is 4.68 Å². The van der Waals surface area contributed by atoms with Crippen molar-refractivity contribution in [2.45, 2.75) is 12.1 Å². The molecule has 3 rings (SSSR count). The number of hydrogen-bond acceptors (Lipinski definition) is 7. The Morgan fingerprint density at radius 2 is 2.00 bits per heavy atom. The smallest absolute Gasteiger partial charge is 0.234 e. The van der Waals surface area contributed by atoms with Crippen molar-refractivity contribution in [1.82, 2.24) is 14.9 Å². The molecule has 0 fully saturated rings. The van der Waals surface area contributed by atoms with E-state index < -0.39 is 0 Å². The number of hydrogen-bond donors (Lipinski definition) is 2. The summed E-state index contributed by atoms with van der Waals surface area (Å²) in [7, 11) is 0. The molecule has 0 atom stereocenters. The molecule has 0 radical (unpaired) electrons. The van der Waals surface area contributed by atoms with E-state index in [1.807, 2.05) is 37.3 Å². The maximum Gasteiger partial charge on any atom is 0.234 e. The number of amides is 1. The second-order valence-electron chi connectivity index (χ2n) is 5.63. The third kappa shape index (κ3) is 4.42. The number of thioether (sulfide) groups is 1. The summed E-state index contributed by atoms with van der Waals surface area (Å²) in [5, 5.41) is 20.4. The van der Waals surface area contributed by atoms with Gasteiger partial charge in [0.15, 0.2) is 5.82 Å². The van der Waals surface area contributed by atoms with Crippen molar-refractivity contribution in [3.05, 3.63) is 54.1 Å². The van der Waals surface area contributed by atoms with Gasteiger partial charge in [0.25, 0.3) is 0 Å². The number of rotatable bonds is 7. The molecular formula is C19H18N6O2S. The number of nitrogens with zero attached hydrogens (tertiary/aromatic N) is 4. The fourth-order valence-electron chi connectivity index (χ4n) is 2.45. The van der Waals surface area contributed by atoms with Crippen LogP contribution >= 0.6 is 11.8 Å². The van der Waals surface area contributed by atoms with Crippen LogP contribution in [0.4, 0.5) is 5.69 Å². The van der Waals surface area contributed by atoms with E-state index >= 15 is 0 Å². The molecule has 1 aromatic heterocycles. The summed E-state index contributed by atoms with van der Waals surface area (Å²) in [5.41, 5.74) is 1.67. The number of nitrogens with two attached hydrogens (primary N) is 1. The second-order valence-corrected chi connectivity index (χ2v) is 6.57. The van der Waals surface area contributed by atoms with Crippen molar-refractivity contribution >= 4 is 23.4 Å². The highest BCUT2D eigenvalue weighted by Gasteiger charge is 2.14. The molecular weight excluding hydrogens is 376 g/mol. The van der Waals surface area contributed by atoms with Crippen molar-refractivity contribution in [3.8, 4) is 23.2 Å². The molecule has 3 aromatic rings. The fraction of sp³-hybridized carbons (Fsp3) is 0.158. The number of ether oxygens (including phenoxy) is 1. The van der Waals surface area contributed by atoms with Gasteiger partial charge in [-0.1, -0.05) is 23.9 Å². The molecule has 0 aliphatic carbocycles. The van der Waals surface area contributed by atoms with Crippen LogP contribution in [-0.4, -0.2) is 33.1 Å². The Hall–Kier alpha value is -3.51. The molecule has 1 amide bonds. The zero-order valence-corrected chi connectivity index (χ0v) is 15.9. The van der Waals surface area contributed by atoms with Gasteiger partial charge in [0.05, 0.1) is 23.6 Å². The summed E-state index contributed by atoms with van der Waals surface area (Å²) in [6, 6.07) is 16.2. The Bertz CT molecular complexity index is 1010. The van der Waals surface area contributed by atoms with Crippen LogP contribution in [0.1, 0.15) is 12.5 Å². The first-order chi connectivity index (χ1) is 13.6. The fourth-order valence-corrected chi connectivity index (χ4v) is 3.10. The first-order valence-electron chi connectivity index (χ1n) is 8.48. The van der Waals surface area contributed by atoms with Crippen LogP contribution < -0.4 is 15.9 Å². The van der Waals surface area contributed by atoms with Crippen LogP contribution in [0.15, 0.2) is 53.7 Å². The van der Waals surface area contributed by atoms with Gasteiger partial charge in [-0.05, 0) is 43.3 Å². The first-order valence-corrected chi connectivity index (χ1v) is 9.46. The summed E-state index contributed by atoms with van der Waals surface area (Å²) < 4.78 is 6.76. The Morgan fingerprint density at radius 3 is 2.71 bits per heavy atom. The number of carbonyl (C=O) groups is 1. The number of para-hydroxylation sites is 1. The van der Waals surface area contributed by atoms with Crippen LogP contribution in [0.3, 0.4) is 0 Å². The van der Waals surface area contributed by atoms with Crippen molar-refractivity contribution in [2.24, 2.45) is 0 Å². The third-order valence-corrected chi connectivity index (χ3v) is 4.69. The normalized spacial score (nSPS) is 10.3. The predicted octanol–water partition coefficient (Wildman–Crippen LogP) is 2.66. The van der Waals surface area contributed by atoms with Gasteiger partial charge in [0, 0.05) is 5.56 Å². The SMILES string of the molecule is CCOc1ccc(-c2nnc(SCC(=O)Nc3ccccc3C#N)n2N)cc1. The number of nitrogens with one attached hydrogen (secondary N) is 1. The molecule has 3 N–H and O–H groups in total. The number of benzene rings is 2. The summed E-state index contributed by atoms with van der Waals surface area (Å²) in [6.45, 7) is 2.51. The topological polar surface area (TPSA) is 119 Å². The van der Waals surface area contributed by atoms with Crippen molar-refractivity contribution < 1.29 is 9.53 Å². The number of nitrogen functional groups attached to an aromatic ring is 1. The molecule has 9 heteroatoms. The molecule has 0 spiro atoms. The molecule has 0 aliphatic heterocycles. The van der Waals surface area contributed by atoms with Crippen LogP contribution in [0.5, 0.6) is 5.75 Å². The van der Waals surface area contributed by atoms with E-state index in [-0.39, 0.29) is 11.7 Å². The van der Waals surface area contributed by atoms with E-state index in [1.165, 1.54) is 4.68 Å². The van der Waals surface area contributed by atoms with Gasteiger partial charge in [0.2, 0.25) is 11.1 Å². The third-order valence-electron chi connectivity index (χ3n) is 3.74. The minimum atomic E-state index is -0.265. The standard InChI is InChI=1S/C19H18N6O2S/c1-2-27-15-9-7-13(8-10-15)18-23-24-19(25(18)21)28-12-17(26)22-16-6-4-3-5-14(16)11-20/h3-10H,2,12,21H2,1H3,(H,22,26). The molecule has 2 aromatic carbocycles. The summed E-state index contributed by atoms with van der Waals surface area (Å²) in [5.74, 6) is 7.15. The lowest BCUT2D eigenvalue weighted by Gasteiger charge is -2.07. The van der Waals surface area contributed by atoms with Crippen molar-refractivity contribution in [2.75, 3.05) is 23.5 Å². The largest absolute Gasteiger partial charge is 0.494 e. The maximum atomic E-state index is 12.2. The average Bonchev–Trinajstić information content (AvgIpc) is 3.08. The average molecular weight is 394 g/mol. The Kier molecular flexibility index (Phi) is 6.14. The predicted molar refractivity (Wildman–Crippen MR) is 107 cm³/mol. The van der Waals surface area contributed by atoms with Gasteiger partial charge in [-0.15, -0.1) is 10.2 Å². The van der Waals surface area contributed by atoms with Gasteiger partial charge < -0.3 is 15.9 Å². The number of aromatic nitrogens is 3. The molecule has 1 heterocycles. The van der Waals surface area contributed by atoms with Crippen LogP contribution in [-0.2, 0) is 4.79 Å². The monoisotopic (exact) mass is 394 g/mol. The zero-order valence-electron chi connectivity index (χ0n) is 15.1. The lowest BCUT2D eigenvalue weighted by Crippen LogP contribution is -2.17. The minimum absolute atomic E-state index is 0.0817. The number of nitriles is 1. The van der Waals surface area contributed by atoms with E-state index in [2.05, 4.69) is 15.5 Å². The van der Waals surface area contributed by atoms with E-state index in [9.17, 15) is 4.79 Å². The summed E-state index contributed by atoms with van der Waals surface area (Å²) in [6.07, 6.45) is 0. The number of carbonyl (C=O) groups excluding carboxylic acids is 1. The van der Waals surface area contributed by atoms with Crippen LogP contribution in [0, 0.1) is 11.3 Å². The lowest BCUT2D eigenvalue weighted by atomic mass is 10.2.